The number of anilines is 1. The molecule has 0 spiro atoms. The van der Waals surface area contributed by atoms with Gasteiger partial charge >= 0.3 is 0 Å². The number of thiazole rings is 1. The first-order valence-electron chi connectivity index (χ1n) is 6.79. The second kappa shape index (κ2) is 5.99. The highest BCUT2D eigenvalue weighted by atomic mass is 35.5. The van der Waals surface area contributed by atoms with Crippen LogP contribution in [0, 0.1) is 13.8 Å². The Morgan fingerprint density at radius 3 is 2.41 bits per heavy atom. The molecule has 0 saturated carbocycles. The van der Waals surface area contributed by atoms with Gasteiger partial charge < -0.3 is 10.5 Å². The molecule has 22 heavy (non-hydrogen) atoms. The molecule has 112 valence electrons. The Morgan fingerprint density at radius 1 is 1.09 bits per heavy atom. The molecule has 3 rings (SSSR count). The minimum absolute atomic E-state index is 0.533. The van der Waals surface area contributed by atoms with Crippen LogP contribution in [0.3, 0.4) is 0 Å². The van der Waals surface area contributed by atoms with Crippen molar-refractivity contribution in [3.05, 3.63) is 57.9 Å². The zero-order chi connectivity index (χ0) is 15.7. The van der Waals surface area contributed by atoms with E-state index in [0.717, 1.165) is 22.6 Å². The molecule has 0 radical (unpaired) electrons. The van der Waals surface area contributed by atoms with Gasteiger partial charge in [0.2, 0.25) is 0 Å². The molecule has 0 unspecified atom stereocenters. The minimum Gasteiger partial charge on any atom is -0.457 e. The van der Waals surface area contributed by atoms with Crippen LogP contribution in [-0.4, -0.2) is 4.98 Å². The first-order valence-corrected chi connectivity index (χ1v) is 8.05. The normalized spacial score (nSPS) is 10.7. The summed E-state index contributed by atoms with van der Waals surface area (Å²) in [5.74, 6) is 1.49. The lowest BCUT2D eigenvalue weighted by atomic mass is 10.1. The van der Waals surface area contributed by atoms with Gasteiger partial charge in [0.1, 0.15) is 11.5 Å². The van der Waals surface area contributed by atoms with Crippen LogP contribution < -0.4 is 10.5 Å². The fraction of sp³-hybridized carbons (Fsp3) is 0.118. The monoisotopic (exact) mass is 330 g/mol. The summed E-state index contributed by atoms with van der Waals surface area (Å²) in [7, 11) is 0. The fourth-order valence-corrected chi connectivity index (χ4v) is 3.15. The lowest BCUT2D eigenvalue weighted by molar-refractivity contribution is 0.482. The number of nitrogens with zero attached hydrogens (tertiary/aromatic N) is 1. The molecule has 0 fully saturated rings. The van der Waals surface area contributed by atoms with Crippen LogP contribution in [0.2, 0.25) is 5.02 Å². The number of nitrogens with two attached hydrogens (primary N) is 1. The Bertz CT molecular complexity index is 789. The van der Waals surface area contributed by atoms with Crippen LogP contribution in [0.1, 0.15) is 11.1 Å². The summed E-state index contributed by atoms with van der Waals surface area (Å²) in [5.41, 5.74) is 9.58. The van der Waals surface area contributed by atoms with Gasteiger partial charge in [0.15, 0.2) is 5.13 Å². The van der Waals surface area contributed by atoms with Crippen LogP contribution in [0.5, 0.6) is 11.5 Å². The molecule has 0 atom stereocenters. The first kappa shape index (κ1) is 14.9. The van der Waals surface area contributed by atoms with Crippen molar-refractivity contribution in [2.24, 2.45) is 0 Å². The molecule has 3 nitrogen and oxygen atoms in total. The average molecular weight is 331 g/mol. The maximum atomic E-state index is 6.41. The Hall–Kier alpha value is -2.04. The predicted octanol–water partition coefficient (Wildman–Crippen LogP) is 5.45. The largest absolute Gasteiger partial charge is 0.457 e. The number of aryl methyl sites for hydroxylation is 2. The van der Waals surface area contributed by atoms with E-state index in [1.165, 1.54) is 16.9 Å². The van der Waals surface area contributed by atoms with E-state index in [9.17, 15) is 0 Å². The number of hydrogen-bond donors (Lipinski definition) is 1. The molecule has 1 heterocycles. The molecular weight excluding hydrogens is 316 g/mol. The Morgan fingerprint density at radius 2 is 1.82 bits per heavy atom. The number of aromatic nitrogens is 1. The lowest BCUT2D eigenvalue weighted by Gasteiger charge is -2.11. The van der Waals surface area contributed by atoms with Crippen molar-refractivity contribution >= 4 is 28.1 Å². The van der Waals surface area contributed by atoms with Gasteiger partial charge in [0, 0.05) is 17.0 Å². The molecule has 0 aliphatic heterocycles. The molecule has 0 saturated heterocycles. The Kier molecular flexibility index (Phi) is 4.05. The maximum Gasteiger partial charge on any atom is 0.180 e. The summed E-state index contributed by atoms with van der Waals surface area (Å²) in [6, 6.07) is 11.7. The van der Waals surface area contributed by atoms with Crippen molar-refractivity contribution in [1.29, 1.82) is 0 Å². The van der Waals surface area contributed by atoms with Crippen molar-refractivity contribution in [2.45, 2.75) is 13.8 Å². The standard InChI is InChI=1S/C17H15ClN2OS/c1-10-3-5-12(6-4-10)21-13-7-11(2)16(14(18)8-13)15-9-22-17(19)20-15/h3-9H,1-2H3,(H2,19,20). The number of benzene rings is 2. The van der Waals surface area contributed by atoms with Crippen molar-refractivity contribution in [3.8, 4) is 22.8 Å². The van der Waals surface area contributed by atoms with Crippen LogP contribution in [0.4, 0.5) is 5.13 Å². The first-order chi connectivity index (χ1) is 10.5. The second-order valence-electron chi connectivity index (χ2n) is 5.08. The third-order valence-corrected chi connectivity index (χ3v) is 4.27. The number of rotatable bonds is 3. The van der Waals surface area contributed by atoms with Gasteiger partial charge in [0.25, 0.3) is 0 Å². The fourth-order valence-electron chi connectivity index (χ4n) is 2.24. The van der Waals surface area contributed by atoms with Gasteiger partial charge in [-0.25, -0.2) is 4.98 Å². The highest BCUT2D eigenvalue weighted by Crippen LogP contribution is 2.36. The van der Waals surface area contributed by atoms with Crippen molar-refractivity contribution in [2.75, 3.05) is 5.73 Å². The number of ether oxygens (including phenoxy) is 1. The molecule has 3 aromatic rings. The summed E-state index contributed by atoms with van der Waals surface area (Å²) in [4.78, 5) is 4.30. The van der Waals surface area contributed by atoms with Crippen LogP contribution in [-0.2, 0) is 0 Å². The van der Waals surface area contributed by atoms with Gasteiger partial charge in [0.05, 0.1) is 10.7 Å². The highest BCUT2D eigenvalue weighted by Gasteiger charge is 2.13. The summed E-state index contributed by atoms with van der Waals surface area (Å²) in [6.07, 6.45) is 0. The average Bonchev–Trinajstić information content (AvgIpc) is 2.87. The van der Waals surface area contributed by atoms with Crippen LogP contribution >= 0.6 is 22.9 Å². The van der Waals surface area contributed by atoms with Crippen molar-refractivity contribution in [1.82, 2.24) is 4.98 Å². The minimum atomic E-state index is 0.533. The van der Waals surface area contributed by atoms with E-state index in [2.05, 4.69) is 4.98 Å². The van der Waals surface area contributed by atoms with Gasteiger partial charge in [-0.2, -0.15) is 0 Å². The third-order valence-electron chi connectivity index (χ3n) is 3.30. The summed E-state index contributed by atoms with van der Waals surface area (Å²) in [6.45, 7) is 4.03. The van der Waals surface area contributed by atoms with E-state index in [0.29, 0.717) is 15.9 Å². The van der Waals surface area contributed by atoms with Gasteiger partial charge in [-0.05, 0) is 37.6 Å². The SMILES string of the molecule is Cc1ccc(Oc2cc(C)c(-c3csc(N)n3)c(Cl)c2)cc1. The van der Waals surface area contributed by atoms with Gasteiger partial charge in [-0.1, -0.05) is 29.3 Å². The molecule has 0 aliphatic carbocycles. The van der Waals surface area contributed by atoms with E-state index in [1.54, 1.807) is 6.07 Å². The Balaban J connectivity index is 1.93. The maximum absolute atomic E-state index is 6.41. The summed E-state index contributed by atoms with van der Waals surface area (Å²) < 4.78 is 5.86. The highest BCUT2D eigenvalue weighted by molar-refractivity contribution is 7.13. The lowest BCUT2D eigenvalue weighted by Crippen LogP contribution is -1.90. The van der Waals surface area contributed by atoms with Gasteiger partial charge in [-0.15, -0.1) is 11.3 Å². The zero-order valence-electron chi connectivity index (χ0n) is 12.3. The van der Waals surface area contributed by atoms with E-state index < -0.39 is 0 Å². The van der Waals surface area contributed by atoms with Crippen molar-refractivity contribution < 1.29 is 4.74 Å². The smallest absolute Gasteiger partial charge is 0.180 e. The third kappa shape index (κ3) is 3.08. The quantitative estimate of drug-likeness (QED) is 0.694. The molecule has 0 bridgehead atoms. The van der Waals surface area contributed by atoms with E-state index in [-0.39, 0.29) is 0 Å². The van der Waals surface area contributed by atoms with Gasteiger partial charge in [-0.3, -0.25) is 0 Å². The molecular formula is C17H15ClN2OS. The van der Waals surface area contributed by atoms with Crippen molar-refractivity contribution in [3.63, 3.8) is 0 Å². The number of hydrogen-bond acceptors (Lipinski definition) is 4. The number of halogens is 1. The number of nitrogen functional groups attached to an aromatic ring is 1. The molecule has 2 aromatic carbocycles. The molecule has 0 aliphatic rings. The van der Waals surface area contributed by atoms with E-state index >= 15 is 0 Å². The predicted molar refractivity (Wildman–Crippen MR) is 93.0 cm³/mol. The summed E-state index contributed by atoms with van der Waals surface area (Å²) in [5, 5.41) is 3.04. The van der Waals surface area contributed by atoms with E-state index in [1.807, 2.05) is 49.6 Å². The topological polar surface area (TPSA) is 48.1 Å². The molecule has 5 heteroatoms. The Labute approximate surface area is 138 Å². The molecule has 1 aromatic heterocycles. The van der Waals surface area contributed by atoms with Crippen LogP contribution in [0.15, 0.2) is 41.8 Å². The molecule has 2 N–H and O–H groups in total. The second-order valence-corrected chi connectivity index (χ2v) is 6.38. The molecule has 0 amide bonds. The summed E-state index contributed by atoms with van der Waals surface area (Å²) >= 11 is 7.82. The van der Waals surface area contributed by atoms with Crippen LogP contribution in [0.25, 0.3) is 11.3 Å². The zero-order valence-corrected chi connectivity index (χ0v) is 13.8. The van der Waals surface area contributed by atoms with E-state index in [4.69, 9.17) is 22.1 Å².